The Kier molecular flexibility index (Phi) is 3.41. The van der Waals surface area contributed by atoms with E-state index >= 15 is 0 Å². The molecule has 1 aromatic rings. The van der Waals surface area contributed by atoms with Gasteiger partial charge in [0.15, 0.2) is 0 Å². The number of allylic oxidation sites excluding steroid dienone is 2. The van der Waals surface area contributed by atoms with E-state index in [9.17, 15) is 4.79 Å². The third-order valence-electron chi connectivity index (χ3n) is 3.30. The molecule has 19 heavy (non-hydrogen) atoms. The second-order valence-corrected chi connectivity index (χ2v) is 5.32. The fourth-order valence-corrected chi connectivity index (χ4v) is 2.38. The van der Waals surface area contributed by atoms with Gasteiger partial charge in [0.05, 0.1) is 0 Å². The van der Waals surface area contributed by atoms with Gasteiger partial charge in [-0.3, -0.25) is 4.79 Å². The number of hydrogen-bond donors (Lipinski definition) is 2. The molecule has 3 N–H and O–H groups in total. The third kappa shape index (κ3) is 2.67. The van der Waals surface area contributed by atoms with E-state index < -0.39 is 0 Å². The largest absolute Gasteiger partial charge is 0.360 e. The average molecular weight is 255 g/mol. The van der Waals surface area contributed by atoms with Crippen molar-refractivity contribution in [2.24, 2.45) is 11.1 Å². The summed E-state index contributed by atoms with van der Waals surface area (Å²) >= 11 is 0. The van der Waals surface area contributed by atoms with Crippen LogP contribution in [0.3, 0.4) is 0 Å². The third-order valence-corrected chi connectivity index (χ3v) is 3.30. The summed E-state index contributed by atoms with van der Waals surface area (Å²) in [6.45, 7) is 4.04. The SMILES string of the molecule is CC(N)CC1(C)C=Cc2[nH]cc(C#N)c(=O)c2C=C1. The average Bonchev–Trinajstić information content (AvgIpc) is 2.50. The summed E-state index contributed by atoms with van der Waals surface area (Å²) in [6, 6.07) is 1.97. The molecule has 98 valence electrons. The van der Waals surface area contributed by atoms with Crippen molar-refractivity contribution in [1.82, 2.24) is 4.98 Å². The van der Waals surface area contributed by atoms with Gasteiger partial charge in [0, 0.05) is 28.9 Å². The van der Waals surface area contributed by atoms with Crippen LogP contribution in [0.2, 0.25) is 0 Å². The van der Waals surface area contributed by atoms with Crippen molar-refractivity contribution in [3.05, 3.63) is 45.4 Å². The van der Waals surface area contributed by atoms with E-state index in [1.807, 2.05) is 31.2 Å². The van der Waals surface area contributed by atoms with Crippen LogP contribution in [0.4, 0.5) is 0 Å². The number of nitrogens with two attached hydrogens (primary N) is 1. The van der Waals surface area contributed by atoms with Gasteiger partial charge in [0.1, 0.15) is 11.6 Å². The fraction of sp³-hybridized carbons (Fsp3) is 0.333. The summed E-state index contributed by atoms with van der Waals surface area (Å²) in [6.07, 6.45) is 9.95. The van der Waals surface area contributed by atoms with Crippen molar-refractivity contribution < 1.29 is 0 Å². The zero-order chi connectivity index (χ0) is 14.0. The second kappa shape index (κ2) is 4.87. The van der Waals surface area contributed by atoms with E-state index in [-0.39, 0.29) is 22.4 Å². The molecule has 0 amide bonds. The molecule has 1 aromatic heterocycles. The van der Waals surface area contributed by atoms with E-state index in [1.165, 1.54) is 6.20 Å². The van der Waals surface area contributed by atoms with Crippen molar-refractivity contribution in [3.8, 4) is 6.07 Å². The molecule has 2 atom stereocenters. The molecule has 4 heteroatoms. The van der Waals surface area contributed by atoms with E-state index in [1.54, 1.807) is 6.08 Å². The summed E-state index contributed by atoms with van der Waals surface area (Å²) in [4.78, 5) is 15.1. The van der Waals surface area contributed by atoms with Crippen LogP contribution in [-0.4, -0.2) is 11.0 Å². The predicted molar refractivity (Wildman–Crippen MR) is 76.2 cm³/mol. The lowest BCUT2D eigenvalue weighted by Crippen LogP contribution is -2.24. The molecule has 0 radical (unpaired) electrons. The summed E-state index contributed by atoms with van der Waals surface area (Å²) in [5.74, 6) is 0. The minimum Gasteiger partial charge on any atom is -0.360 e. The summed E-state index contributed by atoms with van der Waals surface area (Å²) < 4.78 is 0. The molecule has 2 rings (SSSR count). The maximum atomic E-state index is 12.1. The van der Waals surface area contributed by atoms with Gasteiger partial charge in [-0.15, -0.1) is 0 Å². The zero-order valence-electron chi connectivity index (χ0n) is 11.1. The number of aromatic nitrogens is 1. The summed E-state index contributed by atoms with van der Waals surface area (Å²) in [5.41, 5.74) is 6.84. The van der Waals surface area contributed by atoms with Crippen molar-refractivity contribution in [2.45, 2.75) is 26.3 Å². The molecule has 0 saturated carbocycles. The molecule has 0 aromatic carbocycles. The van der Waals surface area contributed by atoms with E-state index in [0.29, 0.717) is 5.56 Å². The normalized spacial score (nSPS) is 22.4. The Bertz CT molecular complexity index is 646. The molecule has 0 fully saturated rings. The highest BCUT2D eigenvalue weighted by Crippen LogP contribution is 2.30. The van der Waals surface area contributed by atoms with Crippen molar-refractivity contribution >= 4 is 12.2 Å². The summed E-state index contributed by atoms with van der Waals surface area (Å²) in [5, 5.41) is 8.88. The Labute approximate surface area is 112 Å². The molecule has 0 spiro atoms. The molecule has 1 aliphatic carbocycles. The van der Waals surface area contributed by atoms with Gasteiger partial charge in [-0.2, -0.15) is 5.26 Å². The van der Waals surface area contributed by atoms with Crippen molar-refractivity contribution in [1.29, 1.82) is 5.26 Å². The van der Waals surface area contributed by atoms with Crippen LogP contribution in [0, 0.1) is 16.7 Å². The number of pyridine rings is 1. The van der Waals surface area contributed by atoms with Crippen LogP contribution in [0.25, 0.3) is 12.2 Å². The van der Waals surface area contributed by atoms with Gasteiger partial charge in [-0.25, -0.2) is 0 Å². The zero-order valence-corrected chi connectivity index (χ0v) is 11.1. The lowest BCUT2D eigenvalue weighted by molar-refractivity contribution is 0.455. The van der Waals surface area contributed by atoms with Crippen molar-refractivity contribution in [3.63, 3.8) is 0 Å². The summed E-state index contributed by atoms with van der Waals surface area (Å²) in [7, 11) is 0. The highest BCUT2D eigenvalue weighted by atomic mass is 16.1. The Morgan fingerprint density at radius 3 is 2.79 bits per heavy atom. The van der Waals surface area contributed by atoms with Gasteiger partial charge in [-0.05, 0) is 19.4 Å². The lowest BCUT2D eigenvalue weighted by atomic mass is 9.83. The van der Waals surface area contributed by atoms with Crippen LogP contribution < -0.4 is 11.2 Å². The Balaban J connectivity index is 2.51. The molecule has 0 saturated heterocycles. The first-order chi connectivity index (χ1) is 8.95. The van der Waals surface area contributed by atoms with Gasteiger partial charge < -0.3 is 10.7 Å². The quantitative estimate of drug-likeness (QED) is 0.848. The highest BCUT2D eigenvalue weighted by molar-refractivity contribution is 5.67. The lowest BCUT2D eigenvalue weighted by Gasteiger charge is -2.23. The standard InChI is InChI=1S/C15H17N3O/c1-10(17)7-15(2)5-3-12-13(4-6-15)18-9-11(8-16)14(12)19/h3-6,9-10H,7,17H2,1-2H3,(H,18,19). The van der Waals surface area contributed by atoms with Crippen LogP contribution in [0.1, 0.15) is 37.1 Å². The molecule has 4 nitrogen and oxygen atoms in total. The van der Waals surface area contributed by atoms with Crippen LogP contribution in [-0.2, 0) is 0 Å². The van der Waals surface area contributed by atoms with E-state index in [4.69, 9.17) is 11.0 Å². The molecular weight excluding hydrogens is 238 g/mol. The maximum absolute atomic E-state index is 12.1. The van der Waals surface area contributed by atoms with E-state index in [2.05, 4.69) is 11.9 Å². The van der Waals surface area contributed by atoms with Crippen molar-refractivity contribution in [2.75, 3.05) is 0 Å². The maximum Gasteiger partial charge on any atom is 0.207 e. The van der Waals surface area contributed by atoms with Crippen LogP contribution >= 0.6 is 0 Å². The van der Waals surface area contributed by atoms with Gasteiger partial charge >= 0.3 is 0 Å². The monoisotopic (exact) mass is 255 g/mol. The number of H-pyrrole nitrogens is 1. The van der Waals surface area contributed by atoms with Gasteiger partial charge in [0.25, 0.3) is 0 Å². The number of nitrogens with one attached hydrogen (secondary N) is 1. The number of aromatic amines is 1. The number of rotatable bonds is 2. The topological polar surface area (TPSA) is 82.7 Å². The minimum atomic E-state index is -0.234. The first-order valence-electron chi connectivity index (χ1n) is 6.25. The molecule has 1 aliphatic rings. The first-order valence-corrected chi connectivity index (χ1v) is 6.25. The molecule has 0 aliphatic heterocycles. The number of fused-ring (bicyclic) bond motifs is 1. The highest BCUT2D eigenvalue weighted by Gasteiger charge is 2.22. The Morgan fingerprint density at radius 2 is 2.16 bits per heavy atom. The fourth-order valence-electron chi connectivity index (χ4n) is 2.38. The molecule has 1 heterocycles. The van der Waals surface area contributed by atoms with Gasteiger partial charge in [-0.1, -0.05) is 25.2 Å². The van der Waals surface area contributed by atoms with E-state index in [0.717, 1.165) is 12.1 Å². The Morgan fingerprint density at radius 1 is 1.47 bits per heavy atom. The predicted octanol–water partition coefficient (Wildman–Crippen LogP) is 2.03. The molecule has 0 bridgehead atoms. The molecular formula is C15H17N3O. The minimum absolute atomic E-state index is 0.0749. The number of hydrogen-bond acceptors (Lipinski definition) is 3. The second-order valence-electron chi connectivity index (χ2n) is 5.32. The smallest absolute Gasteiger partial charge is 0.207 e. The Hall–Kier alpha value is -2.12. The van der Waals surface area contributed by atoms with Crippen LogP contribution in [0.5, 0.6) is 0 Å². The number of nitriles is 1. The number of nitrogens with zero attached hydrogens (tertiary/aromatic N) is 1. The van der Waals surface area contributed by atoms with Gasteiger partial charge in [0.2, 0.25) is 5.43 Å². The molecule has 2 unspecified atom stereocenters. The van der Waals surface area contributed by atoms with Crippen LogP contribution in [0.15, 0.2) is 23.1 Å². The first kappa shape index (κ1) is 13.3.